The van der Waals surface area contributed by atoms with Gasteiger partial charge in [-0.2, -0.15) is 4.31 Å². The van der Waals surface area contributed by atoms with Crippen LogP contribution >= 0.6 is 12.4 Å². The summed E-state index contributed by atoms with van der Waals surface area (Å²) in [4.78, 5) is 2.34. The average molecular weight is 384 g/mol. The number of nitrogens with zero attached hydrogens (tertiary/aromatic N) is 2. The summed E-state index contributed by atoms with van der Waals surface area (Å²) in [7, 11) is 0.392. The zero-order valence-corrected chi connectivity index (χ0v) is 16.3. The molecule has 0 atom stereocenters. The molecule has 0 saturated heterocycles. The lowest BCUT2D eigenvalue weighted by Gasteiger charge is -2.22. The van der Waals surface area contributed by atoms with Crippen molar-refractivity contribution < 1.29 is 8.42 Å². The summed E-state index contributed by atoms with van der Waals surface area (Å²) < 4.78 is 27.3. The van der Waals surface area contributed by atoms with E-state index in [0.717, 1.165) is 17.7 Å². The van der Waals surface area contributed by atoms with Crippen LogP contribution in [0.5, 0.6) is 0 Å². The second-order valence-corrected chi connectivity index (χ2v) is 7.93. The molecule has 5 nitrogen and oxygen atoms in total. The fourth-order valence-corrected chi connectivity index (χ4v) is 3.94. The van der Waals surface area contributed by atoms with Crippen LogP contribution in [0.2, 0.25) is 0 Å². The van der Waals surface area contributed by atoms with Gasteiger partial charge in [0.15, 0.2) is 0 Å². The van der Waals surface area contributed by atoms with Crippen molar-refractivity contribution in [2.24, 2.45) is 5.73 Å². The summed E-state index contributed by atoms with van der Waals surface area (Å²) in [5.74, 6) is 0. The van der Waals surface area contributed by atoms with Gasteiger partial charge in [0.05, 0.1) is 4.90 Å². The molecule has 2 N–H and O–H groups in total. The molecule has 0 bridgehead atoms. The molecule has 0 fully saturated rings. The van der Waals surface area contributed by atoms with E-state index in [1.54, 1.807) is 12.1 Å². The molecule has 0 aliphatic rings. The van der Waals surface area contributed by atoms with Crippen LogP contribution in [0.3, 0.4) is 0 Å². The third-order valence-electron chi connectivity index (χ3n) is 3.64. The number of rotatable bonds is 8. The Hall–Kier alpha value is -1.44. The lowest BCUT2D eigenvalue weighted by molar-refractivity contribution is 0.402. The number of benzene rings is 2. The van der Waals surface area contributed by atoms with Crippen LogP contribution in [0.25, 0.3) is 0 Å². The van der Waals surface area contributed by atoms with Crippen molar-refractivity contribution in [1.29, 1.82) is 0 Å². The first-order chi connectivity index (χ1) is 11.4. The SMILES string of the molecule is CN(C)Cc1ccc(S(=O)(=O)N(CCN)Cc2ccccc2)cc1.Cl. The Bertz CT molecular complexity index is 735. The van der Waals surface area contributed by atoms with Crippen LogP contribution in [0, 0.1) is 0 Å². The Morgan fingerprint density at radius 3 is 1.96 bits per heavy atom. The van der Waals surface area contributed by atoms with Crippen molar-refractivity contribution in [3.63, 3.8) is 0 Å². The maximum absolute atomic E-state index is 12.9. The van der Waals surface area contributed by atoms with Crippen LogP contribution in [0.15, 0.2) is 59.5 Å². The first-order valence-electron chi connectivity index (χ1n) is 7.91. The molecular formula is C18H26ClN3O2S. The molecule has 0 saturated carbocycles. The minimum Gasteiger partial charge on any atom is -0.329 e. The fraction of sp³-hybridized carbons (Fsp3) is 0.333. The maximum atomic E-state index is 12.9. The largest absolute Gasteiger partial charge is 0.329 e. The van der Waals surface area contributed by atoms with E-state index in [1.165, 1.54) is 4.31 Å². The van der Waals surface area contributed by atoms with Crippen LogP contribution in [0.1, 0.15) is 11.1 Å². The summed E-state index contributed by atoms with van der Waals surface area (Å²) in [5.41, 5.74) is 7.64. The second kappa shape index (κ2) is 9.89. The molecule has 138 valence electrons. The van der Waals surface area contributed by atoms with Crippen LogP contribution in [0.4, 0.5) is 0 Å². The minimum absolute atomic E-state index is 0. The third kappa shape index (κ3) is 6.09. The molecule has 2 aromatic rings. The molecule has 0 unspecified atom stereocenters. The van der Waals surface area contributed by atoms with E-state index in [0.29, 0.717) is 11.4 Å². The Morgan fingerprint density at radius 1 is 0.880 bits per heavy atom. The van der Waals surface area contributed by atoms with E-state index in [9.17, 15) is 8.42 Å². The van der Waals surface area contributed by atoms with Crippen LogP contribution < -0.4 is 5.73 Å². The number of hydrogen-bond acceptors (Lipinski definition) is 4. The van der Waals surface area contributed by atoms with E-state index in [4.69, 9.17) is 5.73 Å². The van der Waals surface area contributed by atoms with Gasteiger partial charge in [0.2, 0.25) is 10.0 Å². The maximum Gasteiger partial charge on any atom is 0.243 e. The van der Waals surface area contributed by atoms with Gasteiger partial charge in [-0.15, -0.1) is 12.4 Å². The fourth-order valence-electron chi connectivity index (χ4n) is 2.50. The topological polar surface area (TPSA) is 66.6 Å². The van der Waals surface area contributed by atoms with E-state index in [1.807, 2.05) is 61.5 Å². The molecule has 0 aliphatic carbocycles. The first-order valence-corrected chi connectivity index (χ1v) is 9.35. The molecule has 0 heterocycles. The molecule has 0 radical (unpaired) electrons. The zero-order valence-electron chi connectivity index (χ0n) is 14.6. The molecule has 0 spiro atoms. The summed E-state index contributed by atoms with van der Waals surface area (Å²) in [6, 6.07) is 16.6. The molecule has 2 rings (SSSR count). The normalized spacial score (nSPS) is 11.6. The van der Waals surface area contributed by atoms with Crippen LogP contribution in [-0.4, -0.2) is 44.8 Å². The van der Waals surface area contributed by atoms with Gasteiger partial charge in [0.25, 0.3) is 0 Å². The zero-order chi connectivity index (χ0) is 17.6. The summed E-state index contributed by atoms with van der Waals surface area (Å²) in [6.07, 6.45) is 0. The van der Waals surface area contributed by atoms with Gasteiger partial charge in [0, 0.05) is 26.2 Å². The van der Waals surface area contributed by atoms with Gasteiger partial charge in [-0.1, -0.05) is 42.5 Å². The lowest BCUT2D eigenvalue weighted by Crippen LogP contribution is -2.34. The first kappa shape index (κ1) is 21.6. The highest BCUT2D eigenvalue weighted by atomic mass is 35.5. The van der Waals surface area contributed by atoms with E-state index >= 15 is 0 Å². The van der Waals surface area contributed by atoms with E-state index in [2.05, 4.69) is 0 Å². The Balaban J connectivity index is 0.00000312. The second-order valence-electron chi connectivity index (χ2n) is 5.99. The van der Waals surface area contributed by atoms with Crippen molar-refractivity contribution in [3.8, 4) is 0 Å². The average Bonchev–Trinajstić information content (AvgIpc) is 2.55. The molecule has 0 aromatic heterocycles. The molecule has 7 heteroatoms. The number of hydrogen-bond donors (Lipinski definition) is 1. The van der Waals surface area contributed by atoms with Crippen LogP contribution in [-0.2, 0) is 23.1 Å². The van der Waals surface area contributed by atoms with Crippen molar-refractivity contribution in [2.75, 3.05) is 27.2 Å². The van der Waals surface area contributed by atoms with Crippen molar-refractivity contribution in [2.45, 2.75) is 18.0 Å². The predicted molar refractivity (Wildman–Crippen MR) is 104 cm³/mol. The summed E-state index contributed by atoms with van der Waals surface area (Å²) in [6.45, 7) is 1.66. The lowest BCUT2D eigenvalue weighted by atomic mass is 10.2. The number of nitrogens with two attached hydrogens (primary N) is 1. The summed E-state index contributed by atoms with van der Waals surface area (Å²) in [5, 5.41) is 0. The van der Waals surface area contributed by atoms with Gasteiger partial charge < -0.3 is 10.6 Å². The number of halogens is 1. The third-order valence-corrected chi connectivity index (χ3v) is 5.50. The highest BCUT2D eigenvalue weighted by molar-refractivity contribution is 7.89. The molecule has 2 aromatic carbocycles. The molecule has 25 heavy (non-hydrogen) atoms. The number of sulfonamides is 1. The molecule has 0 amide bonds. The predicted octanol–water partition coefficient (Wildman–Crippen LogP) is 2.32. The highest BCUT2D eigenvalue weighted by Crippen LogP contribution is 2.19. The molecular weight excluding hydrogens is 358 g/mol. The van der Waals surface area contributed by atoms with Gasteiger partial charge in [0.1, 0.15) is 0 Å². The standard InChI is InChI=1S/C18H25N3O2S.ClH/c1-20(2)14-17-8-10-18(11-9-17)24(22,23)21(13-12-19)15-16-6-4-3-5-7-16;/h3-11H,12-15,19H2,1-2H3;1H. The van der Waals surface area contributed by atoms with Crippen molar-refractivity contribution >= 4 is 22.4 Å². The highest BCUT2D eigenvalue weighted by Gasteiger charge is 2.24. The van der Waals surface area contributed by atoms with E-state index < -0.39 is 10.0 Å². The Kier molecular flexibility index (Phi) is 8.55. The van der Waals surface area contributed by atoms with Crippen molar-refractivity contribution in [3.05, 3.63) is 65.7 Å². The Morgan fingerprint density at radius 2 is 1.44 bits per heavy atom. The van der Waals surface area contributed by atoms with Gasteiger partial charge >= 0.3 is 0 Å². The van der Waals surface area contributed by atoms with Crippen molar-refractivity contribution in [1.82, 2.24) is 9.21 Å². The quantitative estimate of drug-likeness (QED) is 0.759. The Labute approximate surface area is 156 Å². The smallest absolute Gasteiger partial charge is 0.243 e. The van der Waals surface area contributed by atoms with Gasteiger partial charge in [-0.25, -0.2) is 8.42 Å². The van der Waals surface area contributed by atoms with Gasteiger partial charge in [-0.3, -0.25) is 0 Å². The monoisotopic (exact) mass is 383 g/mol. The van der Waals surface area contributed by atoms with E-state index in [-0.39, 0.29) is 25.5 Å². The van der Waals surface area contributed by atoms with Gasteiger partial charge in [-0.05, 0) is 37.4 Å². The minimum atomic E-state index is -3.57. The molecule has 0 aliphatic heterocycles. The summed E-state index contributed by atoms with van der Waals surface area (Å²) >= 11 is 0.